The first-order valence-electron chi connectivity index (χ1n) is 9.19. The lowest BCUT2D eigenvalue weighted by Gasteiger charge is -2.23. The van der Waals surface area contributed by atoms with Crippen molar-refractivity contribution in [2.75, 3.05) is 32.7 Å². The van der Waals surface area contributed by atoms with Crippen molar-refractivity contribution < 1.29 is 19.0 Å². The van der Waals surface area contributed by atoms with Crippen LogP contribution in [0.3, 0.4) is 0 Å². The molecule has 0 aliphatic rings. The van der Waals surface area contributed by atoms with Crippen LogP contribution in [0.5, 0.6) is 17.2 Å². The summed E-state index contributed by atoms with van der Waals surface area (Å²) in [6.07, 6.45) is 0. The zero-order chi connectivity index (χ0) is 21.0. The third-order valence-electron chi connectivity index (χ3n) is 4.73. The lowest BCUT2D eigenvalue weighted by atomic mass is 10.1. The molecule has 0 aliphatic heterocycles. The summed E-state index contributed by atoms with van der Waals surface area (Å²) in [6.45, 7) is 2.02. The number of likely N-dealkylation sites (N-methyl/N-ethyl adjacent to an activating group) is 1. The van der Waals surface area contributed by atoms with Crippen LogP contribution in [-0.2, 0) is 11.4 Å². The van der Waals surface area contributed by atoms with Crippen LogP contribution >= 0.6 is 0 Å². The summed E-state index contributed by atoms with van der Waals surface area (Å²) in [5.41, 5.74) is 8.49. The minimum Gasteiger partial charge on any atom is -0.496 e. The van der Waals surface area contributed by atoms with Crippen molar-refractivity contribution in [1.82, 2.24) is 4.98 Å². The first kappa shape index (κ1) is 20.4. The molecule has 2 aromatic carbocycles. The van der Waals surface area contributed by atoms with E-state index in [2.05, 4.69) is 4.98 Å². The van der Waals surface area contributed by atoms with Gasteiger partial charge in [0.2, 0.25) is 5.91 Å². The van der Waals surface area contributed by atoms with Crippen LogP contribution in [0.4, 0.5) is 5.69 Å². The van der Waals surface area contributed by atoms with Crippen LogP contribution < -0.4 is 24.8 Å². The number of pyridine rings is 1. The molecule has 0 unspecified atom stereocenters. The fourth-order valence-corrected chi connectivity index (χ4v) is 3.17. The molecule has 2 N–H and O–H groups in total. The van der Waals surface area contributed by atoms with Gasteiger partial charge in [-0.05, 0) is 31.2 Å². The Bertz CT molecular complexity index is 1040. The van der Waals surface area contributed by atoms with Crippen molar-refractivity contribution in [2.24, 2.45) is 5.73 Å². The average Bonchev–Trinajstić information content (AvgIpc) is 2.75. The number of fused-ring (bicyclic) bond motifs is 1. The molecule has 1 amide bonds. The number of methoxy groups -OCH3 is 2. The number of carbonyl (C=O) groups is 1. The Kier molecular flexibility index (Phi) is 6.19. The molecule has 0 bridgehead atoms. The predicted molar refractivity (Wildman–Crippen MR) is 113 cm³/mol. The molecular formula is C22H25N3O4. The smallest absolute Gasteiger partial charge is 0.240 e. The number of hydrogen-bond donors (Lipinski definition) is 1. The minimum absolute atomic E-state index is 0.0987. The number of carbonyl (C=O) groups excluding carboxylic acids is 1. The van der Waals surface area contributed by atoms with Crippen molar-refractivity contribution in [2.45, 2.75) is 13.5 Å². The van der Waals surface area contributed by atoms with Crippen LogP contribution in [0, 0.1) is 6.92 Å². The van der Waals surface area contributed by atoms with E-state index in [-0.39, 0.29) is 19.1 Å². The maximum Gasteiger partial charge on any atom is 0.240 e. The minimum atomic E-state index is -0.228. The fourth-order valence-electron chi connectivity index (χ4n) is 3.17. The van der Waals surface area contributed by atoms with Gasteiger partial charge in [-0.25, -0.2) is 4.98 Å². The Balaban J connectivity index is 2.00. The van der Waals surface area contributed by atoms with Gasteiger partial charge in [0.1, 0.15) is 23.6 Å². The predicted octanol–water partition coefficient (Wildman–Crippen LogP) is 3.06. The van der Waals surface area contributed by atoms with Gasteiger partial charge in [-0.15, -0.1) is 0 Å². The number of nitrogens with two attached hydrogens (primary N) is 1. The van der Waals surface area contributed by atoms with E-state index in [4.69, 9.17) is 19.9 Å². The van der Waals surface area contributed by atoms with E-state index in [9.17, 15) is 4.79 Å². The quantitative estimate of drug-likeness (QED) is 0.662. The van der Waals surface area contributed by atoms with Crippen molar-refractivity contribution in [3.05, 3.63) is 53.7 Å². The first-order chi connectivity index (χ1) is 14.0. The average molecular weight is 395 g/mol. The van der Waals surface area contributed by atoms with Gasteiger partial charge in [-0.1, -0.05) is 18.2 Å². The summed E-state index contributed by atoms with van der Waals surface area (Å²) >= 11 is 0. The van der Waals surface area contributed by atoms with Crippen LogP contribution in [0.25, 0.3) is 10.9 Å². The van der Waals surface area contributed by atoms with Crippen molar-refractivity contribution in [3.8, 4) is 17.2 Å². The fraction of sp³-hybridized carbons (Fsp3) is 0.273. The lowest BCUT2D eigenvalue weighted by Crippen LogP contribution is -2.32. The number of benzene rings is 2. The number of hydrogen-bond acceptors (Lipinski definition) is 6. The molecule has 0 radical (unpaired) electrons. The van der Waals surface area contributed by atoms with E-state index in [0.717, 1.165) is 16.6 Å². The molecular weight excluding hydrogens is 370 g/mol. The van der Waals surface area contributed by atoms with Gasteiger partial charge in [-0.2, -0.15) is 0 Å². The van der Waals surface area contributed by atoms with Gasteiger partial charge < -0.3 is 24.8 Å². The molecule has 29 heavy (non-hydrogen) atoms. The normalized spacial score (nSPS) is 10.7. The van der Waals surface area contributed by atoms with E-state index in [0.29, 0.717) is 28.5 Å². The Morgan fingerprint density at radius 1 is 1.07 bits per heavy atom. The molecule has 0 atom stereocenters. The highest BCUT2D eigenvalue weighted by Crippen LogP contribution is 2.38. The van der Waals surface area contributed by atoms with Gasteiger partial charge in [-0.3, -0.25) is 4.79 Å². The number of aromatic nitrogens is 1. The molecule has 0 aliphatic carbocycles. The first-order valence-corrected chi connectivity index (χ1v) is 9.19. The zero-order valence-electron chi connectivity index (χ0n) is 17.1. The summed E-state index contributed by atoms with van der Waals surface area (Å²) in [5.74, 6) is 1.53. The molecule has 0 fully saturated rings. The van der Waals surface area contributed by atoms with E-state index in [1.807, 2.05) is 37.3 Å². The second-order valence-corrected chi connectivity index (χ2v) is 6.52. The highest BCUT2D eigenvalue weighted by atomic mass is 16.5. The van der Waals surface area contributed by atoms with E-state index in [1.165, 1.54) is 4.90 Å². The number of rotatable bonds is 7. The van der Waals surface area contributed by atoms with Gasteiger partial charge in [0.25, 0.3) is 0 Å². The number of para-hydroxylation sites is 1. The Morgan fingerprint density at radius 2 is 1.86 bits per heavy atom. The van der Waals surface area contributed by atoms with Crippen LogP contribution in [0.15, 0.2) is 42.5 Å². The molecule has 0 saturated heterocycles. The van der Waals surface area contributed by atoms with E-state index >= 15 is 0 Å². The molecule has 7 heteroatoms. The van der Waals surface area contributed by atoms with Crippen molar-refractivity contribution in [3.63, 3.8) is 0 Å². The molecule has 0 spiro atoms. The second-order valence-electron chi connectivity index (χ2n) is 6.52. The molecule has 3 aromatic rings. The van der Waals surface area contributed by atoms with Gasteiger partial charge in [0.15, 0.2) is 5.75 Å². The number of aryl methyl sites for hydroxylation is 1. The summed E-state index contributed by atoms with van der Waals surface area (Å²) in [4.78, 5) is 18.1. The number of anilines is 1. The maximum absolute atomic E-state index is 12.1. The molecule has 152 valence electrons. The highest BCUT2D eigenvalue weighted by Gasteiger charge is 2.21. The van der Waals surface area contributed by atoms with Gasteiger partial charge in [0, 0.05) is 18.1 Å². The van der Waals surface area contributed by atoms with Crippen molar-refractivity contribution in [1.29, 1.82) is 0 Å². The Morgan fingerprint density at radius 3 is 2.55 bits per heavy atom. The second kappa shape index (κ2) is 8.79. The van der Waals surface area contributed by atoms with Crippen LogP contribution in [0.2, 0.25) is 0 Å². The summed E-state index contributed by atoms with van der Waals surface area (Å²) in [5, 5.41) is 0.994. The zero-order valence-corrected chi connectivity index (χ0v) is 17.1. The monoisotopic (exact) mass is 395 g/mol. The maximum atomic E-state index is 12.1. The standard InChI is InChI=1S/C22H25N3O4/c1-14-8-9-15-6-5-7-19(21(15)24-14)29-13-16-18(27-3)11-10-17(22(16)28-4)25(2)20(26)12-23/h5-11H,12-13,23H2,1-4H3. The third-order valence-corrected chi connectivity index (χ3v) is 4.73. The van der Waals surface area contributed by atoms with Crippen LogP contribution in [-0.4, -0.2) is 38.7 Å². The van der Waals surface area contributed by atoms with Gasteiger partial charge in [0.05, 0.1) is 32.0 Å². The summed E-state index contributed by atoms with van der Waals surface area (Å²) in [7, 11) is 4.78. The van der Waals surface area contributed by atoms with Crippen LogP contribution in [0.1, 0.15) is 11.3 Å². The summed E-state index contributed by atoms with van der Waals surface area (Å²) < 4.78 is 17.2. The molecule has 1 heterocycles. The van der Waals surface area contributed by atoms with E-state index < -0.39 is 0 Å². The number of nitrogens with zero attached hydrogens (tertiary/aromatic N) is 2. The Labute approximate surface area is 170 Å². The van der Waals surface area contributed by atoms with E-state index in [1.54, 1.807) is 33.4 Å². The number of amides is 1. The summed E-state index contributed by atoms with van der Waals surface area (Å²) in [6, 6.07) is 13.3. The largest absolute Gasteiger partial charge is 0.496 e. The third kappa shape index (κ3) is 4.09. The SMILES string of the molecule is COc1ccc(N(C)C(=O)CN)c(OC)c1COc1cccc2ccc(C)nc12. The topological polar surface area (TPSA) is 86.9 Å². The molecule has 1 aromatic heterocycles. The van der Waals surface area contributed by atoms with Crippen molar-refractivity contribution >= 4 is 22.5 Å². The molecule has 7 nitrogen and oxygen atoms in total. The molecule has 0 saturated carbocycles. The lowest BCUT2D eigenvalue weighted by molar-refractivity contribution is -0.117. The Hall–Kier alpha value is -3.32. The number of ether oxygens (including phenoxy) is 3. The molecule has 3 rings (SSSR count). The highest BCUT2D eigenvalue weighted by molar-refractivity contribution is 5.96. The van der Waals surface area contributed by atoms with Gasteiger partial charge >= 0.3 is 0 Å².